The van der Waals surface area contributed by atoms with Crippen LogP contribution in [0.15, 0.2) is 24.3 Å². The molecule has 1 N–H and O–H groups in total. The summed E-state index contributed by atoms with van der Waals surface area (Å²) < 4.78 is 0. The molecular weight excluding hydrogens is 220 g/mol. The first-order valence-corrected chi connectivity index (χ1v) is 3.95. The van der Waals surface area contributed by atoms with Gasteiger partial charge in [-0.3, -0.25) is 14.9 Å². The third-order valence-corrected chi connectivity index (χ3v) is 1.64. The third-order valence-electron chi connectivity index (χ3n) is 1.64. The van der Waals surface area contributed by atoms with Gasteiger partial charge in [0.05, 0.1) is 4.92 Å². The van der Waals surface area contributed by atoms with E-state index >= 15 is 0 Å². The fourth-order valence-corrected chi connectivity index (χ4v) is 0.981. The van der Waals surface area contributed by atoms with Crippen LogP contribution in [0, 0.1) is 20.2 Å². The highest BCUT2D eigenvalue weighted by Gasteiger charge is 2.17. The topological polar surface area (TPSA) is 119 Å². The Labute approximate surface area is 88.5 Å². The number of hydrogen-bond donors (Lipinski definition) is 1. The maximum absolute atomic E-state index is 10.5. The third kappa shape index (κ3) is 2.41. The summed E-state index contributed by atoms with van der Waals surface area (Å²) in [4.78, 5) is 30.3. The number of carbonyl (C=O) groups is 1. The van der Waals surface area contributed by atoms with Crippen molar-refractivity contribution in [2.24, 2.45) is 0 Å². The van der Waals surface area contributed by atoms with Crippen molar-refractivity contribution in [3.63, 3.8) is 0 Å². The van der Waals surface area contributed by atoms with Gasteiger partial charge in [-0.15, -0.1) is 0 Å². The number of carbonyl (C=O) groups excluding carboxylic acids is 1. The predicted octanol–water partition coefficient (Wildman–Crippen LogP) is 0.254. The molecule has 9 heteroatoms. The van der Waals surface area contributed by atoms with E-state index in [1.807, 2.05) is 5.43 Å². The summed E-state index contributed by atoms with van der Waals surface area (Å²) in [5.74, 6) is 0. The molecular formula is C7H6N4O5. The number of rotatable bonds is 5. The van der Waals surface area contributed by atoms with Crippen molar-refractivity contribution in [1.82, 2.24) is 5.43 Å². The molecule has 0 aliphatic rings. The second-order valence-electron chi connectivity index (χ2n) is 2.57. The van der Waals surface area contributed by atoms with Gasteiger partial charge in [-0.05, 0) is 12.1 Å². The zero-order chi connectivity index (χ0) is 12.1. The lowest BCUT2D eigenvalue weighted by molar-refractivity contribution is -0.501. The lowest BCUT2D eigenvalue weighted by Gasteiger charge is -2.10. The SMILES string of the molecule is O=CNN(c1ccc([N+](=O)[O-])cc1)[N+](=O)[O-]. The van der Waals surface area contributed by atoms with Gasteiger partial charge in [0, 0.05) is 17.3 Å². The maximum Gasteiger partial charge on any atom is 0.269 e. The monoisotopic (exact) mass is 226 g/mol. The minimum atomic E-state index is -0.866. The number of anilines is 1. The number of non-ortho nitro benzene ring substituents is 1. The number of nitro benzene ring substituents is 1. The Morgan fingerprint density at radius 2 is 1.75 bits per heavy atom. The Balaban J connectivity index is 2.98. The summed E-state index contributed by atoms with van der Waals surface area (Å²) in [6.45, 7) is 0. The molecule has 0 radical (unpaired) electrons. The van der Waals surface area contributed by atoms with E-state index in [0.717, 1.165) is 24.3 Å². The van der Waals surface area contributed by atoms with Crippen molar-refractivity contribution >= 4 is 17.8 Å². The summed E-state index contributed by atoms with van der Waals surface area (Å²) in [6, 6.07) is 4.49. The van der Waals surface area contributed by atoms with Gasteiger partial charge in [0.25, 0.3) is 5.69 Å². The Bertz CT molecular complexity index is 417. The number of nitrogens with one attached hydrogen (secondary N) is 1. The van der Waals surface area contributed by atoms with Crippen molar-refractivity contribution < 1.29 is 14.8 Å². The zero-order valence-electron chi connectivity index (χ0n) is 7.77. The molecule has 0 spiro atoms. The highest BCUT2D eigenvalue weighted by Crippen LogP contribution is 2.17. The van der Waals surface area contributed by atoms with Crippen LogP contribution >= 0.6 is 0 Å². The number of benzene rings is 1. The smallest absolute Gasteiger partial charge is 0.269 e. The van der Waals surface area contributed by atoms with Crippen molar-refractivity contribution in [3.8, 4) is 0 Å². The fraction of sp³-hybridized carbons (Fsp3) is 0. The molecule has 0 aliphatic heterocycles. The van der Waals surface area contributed by atoms with E-state index in [2.05, 4.69) is 0 Å². The van der Waals surface area contributed by atoms with Crippen LogP contribution in [0.4, 0.5) is 11.4 Å². The van der Waals surface area contributed by atoms with Crippen molar-refractivity contribution in [2.75, 3.05) is 5.12 Å². The molecule has 1 amide bonds. The summed E-state index contributed by atoms with van der Waals surface area (Å²) in [5, 5.41) is 20.3. The molecule has 1 aromatic carbocycles. The number of hydrogen-bond acceptors (Lipinski definition) is 5. The molecule has 0 aliphatic carbocycles. The average Bonchev–Trinajstić information content (AvgIpc) is 2.25. The highest BCUT2D eigenvalue weighted by molar-refractivity contribution is 5.54. The van der Waals surface area contributed by atoms with Gasteiger partial charge in [-0.2, -0.15) is 0 Å². The maximum atomic E-state index is 10.5. The first-order chi connectivity index (χ1) is 7.56. The summed E-state index contributed by atoms with van der Waals surface area (Å²) in [5.41, 5.74) is 1.64. The molecule has 0 saturated carbocycles. The van der Waals surface area contributed by atoms with Crippen LogP contribution in [0.25, 0.3) is 0 Å². The van der Waals surface area contributed by atoms with Crippen LogP contribution in [0.5, 0.6) is 0 Å². The molecule has 16 heavy (non-hydrogen) atoms. The molecule has 0 heterocycles. The van der Waals surface area contributed by atoms with E-state index in [4.69, 9.17) is 0 Å². The van der Waals surface area contributed by atoms with Gasteiger partial charge in [0.15, 0.2) is 5.03 Å². The van der Waals surface area contributed by atoms with Crippen LogP contribution in [0.2, 0.25) is 0 Å². The Morgan fingerprint density at radius 3 is 2.12 bits per heavy atom. The van der Waals surface area contributed by atoms with Crippen LogP contribution in [0.3, 0.4) is 0 Å². The number of amides is 1. The molecule has 0 bridgehead atoms. The highest BCUT2D eigenvalue weighted by atomic mass is 16.7. The lowest BCUT2D eigenvalue weighted by Crippen LogP contribution is -2.41. The van der Waals surface area contributed by atoms with Gasteiger partial charge in [-0.25, -0.2) is 15.5 Å². The van der Waals surface area contributed by atoms with Crippen molar-refractivity contribution in [2.45, 2.75) is 0 Å². The molecule has 0 atom stereocenters. The Kier molecular flexibility index (Phi) is 3.33. The van der Waals surface area contributed by atoms with Gasteiger partial charge in [0.2, 0.25) is 6.41 Å². The van der Waals surface area contributed by atoms with Crippen molar-refractivity contribution in [1.29, 1.82) is 0 Å². The number of hydrazine groups is 2. The summed E-state index contributed by atoms with van der Waals surface area (Å²) in [6.07, 6.45) is 0.129. The standard InChI is InChI=1S/C7H6N4O5/c12-5-8-9(11(15)16)6-1-3-7(4-2-6)10(13)14/h1-5H,(H,8,12). The molecule has 1 rings (SSSR count). The van der Waals surface area contributed by atoms with Crippen LogP contribution in [0.1, 0.15) is 0 Å². The first kappa shape index (κ1) is 11.4. The molecule has 1 aromatic rings. The minimum absolute atomic E-state index is 0.00250. The van der Waals surface area contributed by atoms with Crippen LogP contribution in [-0.2, 0) is 4.79 Å². The Hall–Kier alpha value is -2.71. The first-order valence-electron chi connectivity index (χ1n) is 3.95. The average molecular weight is 226 g/mol. The second-order valence-corrected chi connectivity index (χ2v) is 2.57. The molecule has 0 saturated heterocycles. The van der Waals surface area contributed by atoms with Gasteiger partial charge < -0.3 is 0 Å². The fourth-order valence-electron chi connectivity index (χ4n) is 0.981. The number of nitro groups is 2. The van der Waals surface area contributed by atoms with Gasteiger partial charge in [-0.1, -0.05) is 0 Å². The lowest BCUT2D eigenvalue weighted by atomic mass is 10.3. The normalized spacial score (nSPS) is 9.25. The second kappa shape index (κ2) is 4.68. The molecule has 0 unspecified atom stereocenters. The summed E-state index contributed by atoms with van der Waals surface area (Å²) >= 11 is 0. The Morgan fingerprint density at radius 1 is 1.19 bits per heavy atom. The molecule has 9 nitrogen and oxygen atoms in total. The van der Waals surface area contributed by atoms with E-state index in [1.54, 1.807) is 0 Å². The van der Waals surface area contributed by atoms with Crippen LogP contribution in [-0.4, -0.2) is 16.4 Å². The largest absolute Gasteiger partial charge is 0.277 e. The van der Waals surface area contributed by atoms with Gasteiger partial charge >= 0.3 is 0 Å². The minimum Gasteiger partial charge on any atom is -0.277 e. The van der Waals surface area contributed by atoms with E-state index < -0.39 is 9.96 Å². The van der Waals surface area contributed by atoms with E-state index in [-0.39, 0.29) is 17.8 Å². The van der Waals surface area contributed by atoms with E-state index in [0.29, 0.717) is 5.12 Å². The number of nitrogens with zero attached hydrogens (tertiary/aromatic N) is 3. The van der Waals surface area contributed by atoms with Gasteiger partial charge in [0.1, 0.15) is 5.69 Å². The predicted molar refractivity (Wildman–Crippen MR) is 51.8 cm³/mol. The molecule has 0 fully saturated rings. The molecule has 84 valence electrons. The zero-order valence-corrected chi connectivity index (χ0v) is 7.77. The van der Waals surface area contributed by atoms with E-state index in [1.165, 1.54) is 0 Å². The quantitative estimate of drug-likeness (QED) is 0.436. The van der Waals surface area contributed by atoms with Crippen LogP contribution < -0.4 is 10.5 Å². The summed E-state index contributed by atoms with van der Waals surface area (Å²) in [7, 11) is 0. The van der Waals surface area contributed by atoms with Crippen molar-refractivity contribution in [3.05, 3.63) is 44.5 Å². The molecule has 0 aromatic heterocycles. The van der Waals surface area contributed by atoms with E-state index in [9.17, 15) is 25.0 Å².